The molecular formula is C80H62Br4N8O8. The lowest BCUT2D eigenvalue weighted by atomic mass is 9.98. The Hall–Kier alpha value is -10.1. The second-order valence-electron chi connectivity index (χ2n) is 23.7. The maximum Gasteiger partial charge on any atom is 0.318 e. The van der Waals surface area contributed by atoms with Gasteiger partial charge < -0.3 is 28.9 Å². The first-order valence-electron chi connectivity index (χ1n) is 32.5. The van der Waals surface area contributed by atoms with E-state index in [1.54, 1.807) is 98.1 Å². The highest BCUT2D eigenvalue weighted by Gasteiger charge is 2.30. The smallest absolute Gasteiger partial charge is 0.318 e. The molecule has 0 saturated heterocycles. The molecule has 0 aliphatic carbocycles. The highest BCUT2D eigenvalue weighted by atomic mass is 79.9. The second kappa shape index (κ2) is 30.6. The molecular weight excluding hydrogens is 1520 g/mol. The van der Waals surface area contributed by atoms with Gasteiger partial charge in [0.15, 0.2) is 0 Å². The Morgan fingerprint density at radius 1 is 0.340 bits per heavy atom. The largest absolute Gasteiger partial charge is 0.426 e. The predicted octanol–water partition coefficient (Wildman–Crippen LogP) is 20.3. The molecule has 4 unspecified atom stereocenters. The number of nitrogens with zero attached hydrogens (tertiary/aromatic N) is 6. The van der Waals surface area contributed by atoms with Crippen LogP contribution in [0, 0.1) is 0 Å². The summed E-state index contributed by atoms with van der Waals surface area (Å²) in [5.41, 5.74) is 13.7. The average molecular weight is 1580 g/mol. The fourth-order valence-electron chi connectivity index (χ4n) is 12.6. The molecule has 0 fully saturated rings. The average Bonchev–Trinajstić information content (AvgIpc) is 1.59. The molecule has 498 valence electrons. The van der Waals surface area contributed by atoms with Crippen LogP contribution in [0.3, 0.4) is 0 Å². The van der Waals surface area contributed by atoms with Gasteiger partial charge in [-0.15, -0.1) is 0 Å². The molecule has 4 atom stereocenters. The molecule has 16 nitrogen and oxygen atoms in total. The van der Waals surface area contributed by atoms with Crippen LogP contribution in [0.2, 0.25) is 0 Å². The van der Waals surface area contributed by atoms with Crippen LogP contribution < -0.4 is 18.9 Å². The number of hydrogen-bond donors (Lipinski definition) is 2. The molecule has 2 N–H and O–H groups in total. The van der Waals surface area contributed by atoms with E-state index in [1.165, 1.54) is 0 Å². The van der Waals surface area contributed by atoms with Crippen molar-refractivity contribution >= 4 is 131 Å². The van der Waals surface area contributed by atoms with Gasteiger partial charge in [0.1, 0.15) is 23.0 Å². The summed E-state index contributed by atoms with van der Waals surface area (Å²) >= 11 is 16.2. The van der Waals surface area contributed by atoms with Crippen molar-refractivity contribution in [1.82, 2.24) is 39.9 Å². The number of fused-ring (bicyclic) bond motifs is 8. The van der Waals surface area contributed by atoms with Crippen molar-refractivity contribution in [3.8, 4) is 67.5 Å². The molecule has 20 heteroatoms. The fraction of sp³-hybridized carbons (Fsp3) is 0.150. The molecule has 0 saturated carbocycles. The Morgan fingerprint density at radius 3 is 0.960 bits per heavy atom. The van der Waals surface area contributed by atoms with E-state index < -0.39 is 41.6 Å². The van der Waals surface area contributed by atoms with E-state index in [9.17, 15) is 19.2 Å². The Labute approximate surface area is 610 Å². The number of nitrogens with one attached hydrogen (secondary N) is 2. The highest BCUT2D eigenvalue weighted by molar-refractivity contribution is 9.18. The van der Waals surface area contributed by atoms with Crippen LogP contribution in [0.25, 0.3) is 87.7 Å². The topological polar surface area (TPSA) is 214 Å². The fourth-order valence-corrected chi connectivity index (χ4v) is 14.5. The van der Waals surface area contributed by atoms with Gasteiger partial charge in [0.25, 0.3) is 0 Å². The van der Waals surface area contributed by atoms with E-state index >= 15 is 0 Å². The molecule has 9 heterocycles. The van der Waals surface area contributed by atoms with Gasteiger partial charge in [-0.25, -0.2) is 9.97 Å². The molecule has 8 bridgehead atoms. The normalized spacial score (nSPS) is 13.1. The minimum atomic E-state index is -0.516. The standard InChI is InChI=1S/C80H62Br4N8O8/c1-5-57(45-29-37-85-38-30-45)77(93)97-53-17-9-49(10-18-53)65-61-25-27-63(89-61)66(50-11-19-54(20-12-50)98-78(94)58(6-2)46-31-39-86-40-32-46)73-69(81)71(83)75(91-73)68(52-15-23-56(24-16-52)100-80(96)60(8-4)48-35-43-88-44-36-48)76-72(84)70(82)74(92-76)67(64-28-26-62(65)90-64)51-13-21-55(22-14-51)99-79(95)59(7-3)47-33-41-87-42-34-47/h9-44,57-60,89,92H,5-8H2,1-4H3. The molecule has 100 heavy (non-hydrogen) atoms. The van der Waals surface area contributed by atoms with Crippen LogP contribution >= 0.6 is 63.7 Å². The van der Waals surface area contributed by atoms with Crippen LogP contribution in [-0.4, -0.2) is 63.7 Å². The minimum absolute atomic E-state index is 0.344. The maximum absolute atomic E-state index is 13.9. The van der Waals surface area contributed by atoms with E-state index in [2.05, 4.69) is 93.6 Å². The number of H-pyrrole nitrogens is 2. The molecule has 0 amide bonds. The summed E-state index contributed by atoms with van der Waals surface area (Å²) in [5, 5.41) is 0. The predicted molar refractivity (Wildman–Crippen MR) is 403 cm³/mol. The van der Waals surface area contributed by atoms with Crippen molar-refractivity contribution in [2.24, 2.45) is 0 Å². The van der Waals surface area contributed by atoms with Crippen LogP contribution in [0.1, 0.15) is 122 Å². The molecule has 2 aliphatic heterocycles. The monoisotopic (exact) mass is 1580 g/mol. The number of carbonyl (C=O) groups is 4. The zero-order valence-electron chi connectivity index (χ0n) is 54.4. The van der Waals surface area contributed by atoms with Gasteiger partial charge in [0.05, 0.1) is 75.4 Å². The number of esters is 4. The SMILES string of the molecule is CCC(C(=O)Oc1ccc(-c2c3nc(c(-c4ccc(OC(=O)C(CC)c5ccncc5)cc4)c4[nH]c(c(Br)c4Br)c(-c4ccc(OC(=O)C(CC)c5ccncc5)cc4)c4nc(c(-c5ccc(OC(=O)C(CC)c6ccncc6)cc5)c5ccc2[nH]5)C(Br)=C4Br)C=C3)cc1)c1ccncc1. The van der Waals surface area contributed by atoms with Gasteiger partial charge in [-0.1, -0.05) is 76.2 Å². The molecule has 11 aromatic rings. The van der Waals surface area contributed by atoms with Crippen molar-refractivity contribution in [2.75, 3.05) is 0 Å². The lowest BCUT2D eigenvalue weighted by molar-refractivity contribution is -0.137. The van der Waals surface area contributed by atoms with Crippen molar-refractivity contribution in [3.05, 3.63) is 261 Å². The Bertz CT molecular complexity index is 5140. The molecule has 2 aliphatic rings. The van der Waals surface area contributed by atoms with E-state index in [0.717, 1.165) is 38.9 Å². The summed E-state index contributed by atoms with van der Waals surface area (Å²) in [4.78, 5) is 90.9. The zero-order chi connectivity index (χ0) is 69.6. The van der Waals surface area contributed by atoms with Gasteiger partial charge in [-0.2, -0.15) is 0 Å². The molecule has 4 aromatic carbocycles. The van der Waals surface area contributed by atoms with Crippen LogP contribution in [0.4, 0.5) is 0 Å². The van der Waals surface area contributed by atoms with E-state index in [-0.39, 0.29) is 5.97 Å². The number of rotatable bonds is 20. The number of ether oxygens (including phenoxy) is 4. The van der Waals surface area contributed by atoms with Crippen molar-refractivity contribution in [3.63, 3.8) is 0 Å². The number of benzene rings is 4. The van der Waals surface area contributed by atoms with Crippen LogP contribution in [-0.2, 0) is 19.2 Å². The van der Waals surface area contributed by atoms with Gasteiger partial charge in [-0.05, 0) is 255 Å². The second-order valence-corrected chi connectivity index (χ2v) is 26.9. The quantitative estimate of drug-likeness (QED) is 0.0537. The lowest BCUT2D eigenvalue weighted by Crippen LogP contribution is -2.18. The van der Waals surface area contributed by atoms with Gasteiger partial charge in [0.2, 0.25) is 0 Å². The summed E-state index contributed by atoms with van der Waals surface area (Å²) in [5.74, 6) is -2.20. The first-order chi connectivity index (χ1) is 48.7. The molecule has 7 aromatic heterocycles. The van der Waals surface area contributed by atoms with E-state index in [4.69, 9.17) is 28.9 Å². The number of carbonyl (C=O) groups excluding carboxylic acids is 4. The minimum Gasteiger partial charge on any atom is -0.426 e. The summed E-state index contributed by atoms with van der Waals surface area (Å²) in [6.45, 7) is 7.78. The van der Waals surface area contributed by atoms with Crippen molar-refractivity contribution in [2.45, 2.75) is 77.0 Å². The summed E-state index contributed by atoms with van der Waals surface area (Å²) < 4.78 is 26.9. The zero-order valence-corrected chi connectivity index (χ0v) is 60.7. The summed E-state index contributed by atoms with van der Waals surface area (Å²) in [6, 6.07) is 48.0. The first kappa shape index (κ1) is 68.4. The Balaban J connectivity index is 1.03. The van der Waals surface area contributed by atoms with Crippen molar-refractivity contribution in [1.29, 1.82) is 0 Å². The highest BCUT2D eigenvalue weighted by Crippen LogP contribution is 2.50. The molecule has 0 spiro atoms. The number of aromatic amines is 2. The van der Waals surface area contributed by atoms with Crippen molar-refractivity contribution < 1.29 is 38.1 Å². The first-order valence-corrected chi connectivity index (χ1v) is 35.7. The third-order valence-corrected chi connectivity index (χ3v) is 21.9. The summed E-state index contributed by atoms with van der Waals surface area (Å²) in [7, 11) is 0. The van der Waals surface area contributed by atoms with E-state index in [1.807, 2.05) is 149 Å². The number of hydrogen-bond acceptors (Lipinski definition) is 14. The van der Waals surface area contributed by atoms with Crippen LogP contribution in [0.5, 0.6) is 23.0 Å². The third kappa shape index (κ3) is 14.2. The lowest BCUT2D eigenvalue weighted by Gasteiger charge is -2.14. The number of halogens is 4. The van der Waals surface area contributed by atoms with E-state index in [0.29, 0.717) is 139 Å². The Morgan fingerprint density at radius 2 is 0.620 bits per heavy atom. The number of aromatic nitrogens is 8. The van der Waals surface area contributed by atoms with Gasteiger partial charge >= 0.3 is 23.9 Å². The maximum atomic E-state index is 13.9. The van der Waals surface area contributed by atoms with Crippen LogP contribution in [0.15, 0.2) is 216 Å². The van der Waals surface area contributed by atoms with Gasteiger partial charge in [0, 0.05) is 82.9 Å². The molecule has 0 radical (unpaired) electrons. The number of pyridine rings is 4. The van der Waals surface area contributed by atoms with Gasteiger partial charge in [-0.3, -0.25) is 39.1 Å². The summed E-state index contributed by atoms with van der Waals surface area (Å²) in [6.07, 6.45) is 19.3. The molecule has 13 rings (SSSR count). The third-order valence-electron chi connectivity index (χ3n) is 17.7. The Kier molecular flexibility index (Phi) is 20.9.